The number of imide groups is 1. The van der Waals surface area contributed by atoms with Gasteiger partial charge < -0.3 is 11.5 Å². The Labute approximate surface area is 50.7 Å². The van der Waals surface area contributed by atoms with Gasteiger partial charge in [-0.15, -0.1) is 0 Å². The molecule has 0 saturated carbocycles. The van der Waals surface area contributed by atoms with Crippen molar-refractivity contribution >= 4 is 11.8 Å². The summed E-state index contributed by atoms with van der Waals surface area (Å²) in [5, 5.41) is 1.91. The summed E-state index contributed by atoms with van der Waals surface area (Å²) in [5.41, 5.74) is 9.68. The van der Waals surface area contributed by atoms with Gasteiger partial charge in [-0.3, -0.25) is 14.9 Å². The van der Waals surface area contributed by atoms with Crippen molar-refractivity contribution in [1.82, 2.24) is 5.32 Å². The molecule has 1 aliphatic heterocycles. The molecule has 5 heteroatoms. The number of carbonyl (C=O) groups excluding carboxylic acids is 2. The van der Waals surface area contributed by atoms with E-state index in [1.165, 1.54) is 0 Å². The van der Waals surface area contributed by atoms with Crippen LogP contribution in [0, 0.1) is 0 Å². The molecule has 0 aliphatic carbocycles. The molecule has 9 heavy (non-hydrogen) atoms. The third-order valence-corrected chi connectivity index (χ3v) is 1.01. The minimum Gasteiger partial charge on any atom is -0.392 e. The fourth-order valence-corrected chi connectivity index (χ4v) is 0.482. The Morgan fingerprint density at radius 2 is 1.33 bits per heavy atom. The summed E-state index contributed by atoms with van der Waals surface area (Å²) >= 11 is 0. The Morgan fingerprint density at radius 1 is 1.00 bits per heavy atom. The second-order valence-corrected chi connectivity index (χ2v) is 1.61. The first kappa shape index (κ1) is 5.61. The minimum absolute atomic E-state index is 0.194. The molecule has 0 aromatic carbocycles. The molecule has 0 unspecified atom stereocenters. The highest BCUT2D eigenvalue weighted by Crippen LogP contribution is 1.98. The molecule has 0 bridgehead atoms. The van der Waals surface area contributed by atoms with Crippen molar-refractivity contribution in [2.45, 2.75) is 0 Å². The van der Waals surface area contributed by atoms with Crippen LogP contribution < -0.4 is 16.8 Å². The maximum atomic E-state index is 10.4. The number of hydrogen-bond donors (Lipinski definition) is 3. The van der Waals surface area contributed by atoms with Crippen molar-refractivity contribution in [2.75, 3.05) is 0 Å². The van der Waals surface area contributed by atoms with Gasteiger partial charge in [-0.1, -0.05) is 0 Å². The molecular formula is C4H5N3O2. The lowest BCUT2D eigenvalue weighted by Crippen LogP contribution is -2.25. The minimum atomic E-state index is -0.613. The second-order valence-electron chi connectivity index (χ2n) is 1.61. The van der Waals surface area contributed by atoms with E-state index in [-0.39, 0.29) is 11.4 Å². The highest BCUT2D eigenvalue weighted by molar-refractivity contribution is 6.18. The molecule has 48 valence electrons. The second kappa shape index (κ2) is 1.48. The van der Waals surface area contributed by atoms with Crippen LogP contribution in [0.25, 0.3) is 0 Å². The van der Waals surface area contributed by atoms with Gasteiger partial charge in [0.15, 0.2) is 0 Å². The molecule has 5 N–H and O–H groups in total. The van der Waals surface area contributed by atoms with Gasteiger partial charge >= 0.3 is 0 Å². The molecule has 1 heterocycles. The van der Waals surface area contributed by atoms with E-state index < -0.39 is 11.8 Å². The first-order valence-corrected chi connectivity index (χ1v) is 2.24. The molecule has 0 radical (unpaired) electrons. The van der Waals surface area contributed by atoms with Gasteiger partial charge in [-0.2, -0.15) is 0 Å². The van der Waals surface area contributed by atoms with Crippen molar-refractivity contribution < 1.29 is 9.59 Å². The normalized spacial score (nSPS) is 18.7. The number of rotatable bonds is 0. The number of carbonyl (C=O) groups is 2. The predicted molar refractivity (Wildman–Crippen MR) is 28.6 cm³/mol. The maximum absolute atomic E-state index is 10.4. The Morgan fingerprint density at radius 3 is 1.44 bits per heavy atom. The molecule has 0 aromatic rings. The average Bonchev–Trinajstić information content (AvgIpc) is 1.98. The van der Waals surface area contributed by atoms with E-state index in [1.807, 2.05) is 5.32 Å². The Kier molecular flexibility index (Phi) is 0.921. The monoisotopic (exact) mass is 127 g/mol. The molecule has 1 aliphatic rings. The smallest absolute Gasteiger partial charge is 0.276 e. The van der Waals surface area contributed by atoms with Crippen LogP contribution in [0.15, 0.2) is 11.4 Å². The van der Waals surface area contributed by atoms with E-state index in [4.69, 9.17) is 11.5 Å². The zero-order valence-corrected chi connectivity index (χ0v) is 4.47. The zero-order chi connectivity index (χ0) is 7.02. The summed E-state index contributed by atoms with van der Waals surface area (Å²) < 4.78 is 0. The maximum Gasteiger partial charge on any atom is 0.276 e. The molecule has 2 amide bonds. The summed E-state index contributed by atoms with van der Waals surface area (Å²) in [4.78, 5) is 20.8. The van der Waals surface area contributed by atoms with Crippen molar-refractivity contribution in [3.8, 4) is 0 Å². The lowest BCUT2D eigenvalue weighted by Gasteiger charge is -1.84. The predicted octanol–water partition coefficient (Wildman–Crippen LogP) is -2.23. The van der Waals surface area contributed by atoms with Crippen LogP contribution in [0.5, 0.6) is 0 Å². The lowest BCUT2D eigenvalue weighted by atomic mass is 10.4. The SMILES string of the molecule is NC1=C(N)C(=O)NC1=O. The first-order chi connectivity index (χ1) is 4.13. The van der Waals surface area contributed by atoms with Crippen molar-refractivity contribution in [2.24, 2.45) is 11.5 Å². The molecule has 0 saturated heterocycles. The van der Waals surface area contributed by atoms with Crippen LogP contribution in [-0.2, 0) is 9.59 Å². The lowest BCUT2D eigenvalue weighted by molar-refractivity contribution is -0.124. The van der Waals surface area contributed by atoms with Crippen LogP contribution in [0.2, 0.25) is 0 Å². The molecule has 0 fully saturated rings. The summed E-state index contributed by atoms with van der Waals surface area (Å²) in [6.45, 7) is 0. The van der Waals surface area contributed by atoms with E-state index in [0.29, 0.717) is 0 Å². The molecule has 0 atom stereocenters. The van der Waals surface area contributed by atoms with Crippen LogP contribution in [0.1, 0.15) is 0 Å². The van der Waals surface area contributed by atoms with E-state index in [2.05, 4.69) is 0 Å². The van der Waals surface area contributed by atoms with Gasteiger partial charge in [-0.05, 0) is 0 Å². The van der Waals surface area contributed by atoms with Crippen molar-refractivity contribution in [1.29, 1.82) is 0 Å². The van der Waals surface area contributed by atoms with Gasteiger partial charge in [0, 0.05) is 0 Å². The van der Waals surface area contributed by atoms with E-state index in [9.17, 15) is 9.59 Å². The van der Waals surface area contributed by atoms with Gasteiger partial charge in [0.1, 0.15) is 11.4 Å². The highest BCUT2D eigenvalue weighted by atomic mass is 16.2. The van der Waals surface area contributed by atoms with Crippen molar-refractivity contribution in [3.63, 3.8) is 0 Å². The number of hydrogen-bond acceptors (Lipinski definition) is 4. The Balaban J connectivity index is 3.06. The fraction of sp³-hybridized carbons (Fsp3) is 0. The molecular weight excluding hydrogens is 122 g/mol. The first-order valence-electron chi connectivity index (χ1n) is 2.24. The highest BCUT2D eigenvalue weighted by Gasteiger charge is 2.24. The standard InChI is InChI=1S/C4H5N3O2/c5-1-2(6)4(9)7-3(1)8/h(H5,5,6,7,8,9). The van der Waals surface area contributed by atoms with Crippen LogP contribution in [0.4, 0.5) is 0 Å². The third-order valence-electron chi connectivity index (χ3n) is 1.01. The van der Waals surface area contributed by atoms with Gasteiger partial charge in [-0.25, -0.2) is 0 Å². The molecule has 0 spiro atoms. The van der Waals surface area contributed by atoms with E-state index >= 15 is 0 Å². The van der Waals surface area contributed by atoms with Gasteiger partial charge in [0.25, 0.3) is 11.8 Å². The van der Waals surface area contributed by atoms with E-state index in [0.717, 1.165) is 0 Å². The number of nitrogens with one attached hydrogen (secondary N) is 1. The van der Waals surface area contributed by atoms with Crippen LogP contribution >= 0.6 is 0 Å². The molecule has 1 rings (SSSR count). The van der Waals surface area contributed by atoms with Crippen LogP contribution in [-0.4, -0.2) is 11.8 Å². The van der Waals surface area contributed by atoms with Gasteiger partial charge in [0.2, 0.25) is 0 Å². The van der Waals surface area contributed by atoms with E-state index in [1.54, 1.807) is 0 Å². The Bertz CT molecular complexity index is 196. The summed E-state index contributed by atoms with van der Waals surface area (Å²) in [6.07, 6.45) is 0. The summed E-state index contributed by atoms with van der Waals surface area (Å²) in [5.74, 6) is -1.23. The topological polar surface area (TPSA) is 98.2 Å². The van der Waals surface area contributed by atoms with Gasteiger partial charge in [0.05, 0.1) is 0 Å². The zero-order valence-electron chi connectivity index (χ0n) is 4.47. The molecule has 0 aromatic heterocycles. The quantitative estimate of drug-likeness (QED) is 0.321. The fourth-order valence-electron chi connectivity index (χ4n) is 0.482. The molecule has 5 nitrogen and oxygen atoms in total. The summed E-state index contributed by atoms with van der Waals surface area (Å²) in [6, 6.07) is 0. The summed E-state index contributed by atoms with van der Waals surface area (Å²) in [7, 11) is 0. The average molecular weight is 127 g/mol. The largest absolute Gasteiger partial charge is 0.392 e. The third kappa shape index (κ3) is 0.620. The number of amides is 2. The number of nitrogens with two attached hydrogens (primary N) is 2. The Hall–Kier alpha value is -1.52. The van der Waals surface area contributed by atoms with Crippen LogP contribution in [0.3, 0.4) is 0 Å². The van der Waals surface area contributed by atoms with Crippen molar-refractivity contribution in [3.05, 3.63) is 11.4 Å².